The van der Waals surface area contributed by atoms with Crippen LogP contribution in [0.25, 0.3) is 22.3 Å². The number of rotatable bonds is 6. The van der Waals surface area contributed by atoms with Crippen LogP contribution < -0.4 is 14.9 Å². The van der Waals surface area contributed by atoms with E-state index in [1.54, 1.807) is 24.3 Å². The molecule has 1 saturated heterocycles. The number of aromatic hydroxyl groups is 2. The molecule has 3 aromatic rings. The lowest BCUT2D eigenvalue weighted by molar-refractivity contribution is -0.268. The molecule has 2 aromatic carbocycles. The molecule has 0 unspecified atom stereocenters. The third-order valence-electron chi connectivity index (χ3n) is 6.29. The Hall–Kier alpha value is -3.57. The minimum atomic E-state index is -1.69. The predicted molar refractivity (Wildman–Crippen MR) is 134 cm³/mol. The largest absolute Gasteiger partial charge is 0.507 e. The van der Waals surface area contributed by atoms with E-state index in [2.05, 4.69) is 0 Å². The Bertz CT molecular complexity index is 1370. The molecule has 10 heteroatoms. The van der Waals surface area contributed by atoms with E-state index < -0.39 is 47.6 Å². The van der Waals surface area contributed by atoms with E-state index in [1.165, 1.54) is 14.0 Å². The van der Waals surface area contributed by atoms with E-state index in [0.29, 0.717) is 11.3 Å². The van der Waals surface area contributed by atoms with Gasteiger partial charge in [-0.1, -0.05) is 11.6 Å². The lowest BCUT2D eigenvalue weighted by atomic mass is 10.00. The molecule has 198 valence electrons. The number of aliphatic hydroxyl groups is 3. The fourth-order valence-electron chi connectivity index (χ4n) is 4.14. The van der Waals surface area contributed by atoms with Crippen molar-refractivity contribution in [3.05, 3.63) is 57.8 Å². The molecule has 0 aliphatic carbocycles. The number of allylic oxidation sites excluding steroid dienone is 2. The number of phenolic OH excluding ortho intramolecular Hbond substituents is 2. The summed E-state index contributed by atoms with van der Waals surface area (Å²) in [6, 6.07) is 7.57. The Morgan fingerprint density at radius 2 is 1.70 bits per heavy atom. The van der Waals surface area contributed by atoms with E-state index in [-0.39, 0.29) is 34.5 Å². The van der Waals surface area contributed by atoms with Crippen molar-refractivity contribution in [2.75, 3.05) is 7.11 Å². The van der Waals surface area contributed by atoms with E-state index in [0.717, 1.165) is 11.6 Å². The molecule has 5 atom stereocenters. The molecular weight excluding hydrogens is 484 g/mol. The lowest BCUT2D eigenvalue weighted by Crippen LogP contribution is -2.58. The maximum Gasteiger partial charge on any atom is 0.239 e. The van der Waals surface area contributed by atoms with Crippen molar-refractivity contribution in [2.45, 2.75) is 57.9 Å². The van der Waals surface area contributed by atoms with Crippen LogP contribution in [0.5, 0.6) is 23.0 Å². The van der Waals surface area contributed by atoms with E-state index in [4.69, 9.17) is 18.6 Å². The molecule has 1 aromatic heterocycles. The van der Waals surface area contributed by atoms with Crippen molar-refractivity contribution in [1.82, 2.24) is 0 Å². The van der Waals surface area contributed by atoms with E-state index >= 15 is 0 Å². The molecule has 5 N–H and O–H groups in total. The lowest BCUT2D eigenvalue weighted by Gasteiger charge is -2.38. The van der Waals surface area contributed by atoms with Gasteiger partial charge in [0.15, 0.2) is 5.76 Å². The molecule has 37 heavy (non-hydrogen) atoms. The first-order valence-corrected chi connectivity index (χ1v) is 11.7. The van der Waals surface area contributed by atoms with Crippen LogP contribution in [0.3, 0.4) is 0 Å². The number of phenols is 2. The second-order valence-electron chi connectivity index (χ2n) is 9.20. The van der Waals surface area contributed by atoms with Crippen LogP contribution in [-0.4, -0.2) is 63.3 Å². The summed E-state index contributed by atoms with van der Waals surface area (Å²) in [5.74, 6) is -0.690. The molecule has 0 spiro atoms. The normalized spacial score (nSPS) is 23.6. The summed E-state index contributed by atoms with van der Waals surface area (Å²) in [5, 5.41) is 51.6. The van der Waals surface area contributed by atoms with Crippen molar-refractivity contribution < 1.29 is 44.2 Å². The second kappa shape index (κ2) is 10.4. The zero-order valence-electron chi connectivity index (χ0n) is 20.8. The van der Waals surface area contributed by atoms with Crippen LogP contribution in [0.1, 0.15) is 26.3 Å². The molecule has 1 fully saturated rings. The number of aliphatic hydroxyl groups excluding tert-OH is 3. The number of ether oxygens (including phenoxy) is 3. The smallest absolute Gasteiger partial charge is 0.239 e. The van der Waals surface area contributed by atoms with Gasteiger partial charge >= 0.3 is 0 Å². The molecule has 2 heterocycles. The average Bonchev–Trinajstić information content (AvgIpc) is 2.86. The molecule has 0 bridgehead atoms. The van der Waals surface area contributed by atoms with Crippen molar-refractivity contribution in [2.24, 2.45) is 0 Å². The van der Waals surface area contributed by atoms with Gasteiger partial charge in [0.05, 0.1) is 13.2 Å². The zero-order valence-corrected chi connectivity index (χ0v) is 20.8. The summed E-state index contributed by atoms with van der Waals surface area (Å²) < 4.78 is 22.7. The molecular formula is C27H30O10. The summed E-state index contributed by atoms with van der Waals surface area (Å²) >= 11 is 0. The van der Waals surface area contributed by atoms with Crippen molar-refractivity contribution in [1.29, 1.82) is 0 Å². The van der Waals surface area contributed by atoms with Gasteiger partial charge in [-0.05, 0) is 51.5 Å². The number of hydrogen-bond acceptors (Lipinski definition) is 10. The highest BCUT2D eigenvalue weighted by atomic mass is 16.7. The van der Waals surface area contributed by atoms with Gasteiger partial charge in [0.1, 0.15) is 46.5 Å². The maximum absolute atomic E-state index is 13.8. The van der Waals surface area contributed by atoms with Gasteiger partial charge in [-0.15, -0.1) is 0 Å². The van der Waals surface area contributed by atoms with Crippen molar-refractivity contribution >= 4 is 11.0 Å². The Morgan fingerprint density at radius 1 is 1.03 bits per heavy atom. The summed E-state index contributed by atoms with van der Waals surface area (Å²) in [7, 11) is 1.50. The standard InChI is InChI=1S/C27H30O10/c1-12(2)5-10-16-17(28)11-18(29)19-21(31)26(37-27-23(33)22(32)20(30)13(3)35-27)24(36-25(16)19)14-6-8-15(34-4)9-7-14/h5-9,11,13,20,22-23,27-30,32-33H,10H2,1-4H3/t13-,20-,22+,23+,27-/m1/s1. The summed E-state index contributed by atoms with van der Waals surface area (Å²) in [6.45, 7) is 5.24. The SMILES string of the molecule is COc1ccc(-c2oc3c(CC=C(C)C)c(O)cc(O)c3c(=O)c2O[C@H]2O[C@H](C)[C@@H](O)[C@H](O)[C@@H]2O)cc1. The van der Waals surface area contributed by atoms with Crippen LogP contribution in [0.2, 0.25) is 0 Å². The molecule has 10 nitrogen and oxygen atoms in total. The third kappa shape index (κ3) is 5.01. The predicted octanol–water partition coefficient (Wildman–Crippen LogP) is 2.59. The fourth-order valence-corrected chi connectivity index (χ4v) is 4.14. The summed E-state index contributed by atoms with van der Waals surface area (Å²) in [6.07, 6.45) is -5.03. The first kappa shape index (κ1) is 26.5. The molecule has 0 radical (unpaired) electrons. The molecule has 4 rings (SSSR count). The van der Waals surface area contributed by atoms with Crippen LogP contribution in [0.4, 0.5) is 0 Å². The minimum Gasteiger partial charge on any atom is -0.507 e. The first-order chi connectivity index (χ1) is 17.5. The van der Waals surface area contributed by atoms with Gasteiger partial charge in [0, 0.05) is 17.2 Å². The van der Waals surface area contributed by atoms with Crippen LogP contribution in [0.15, 0.2) is 51.2 Å². The zero-order chi connectivity index (χ0) is 27.0. The highest BCUT2D eigenvalue weighted by molar-refractivity contribution is 5.91. The maximum atomic E-state index is 13.8. The monoisotopic (exact) mass is 514 g/mol. The van der Waals surface area contributed by atoms with Gasteiger partial charge in [0.2, 0.25) is 17.5 Å². The van der Waals surface area contributed by atoms with E-state index in [9.17, 15) is 30.3 Å². The third-order valence-corrected chi connectivity index (χ3v) is 6.29. The topological polar surface area (TPSA) is 159 Å². The number of methoxy groups -OCH3 is 1. The molecule has 1 aliphatic heterocycles. The van der Waals surface area contributed by atoms with Gasteiger partial charge in [-0.25, -0.2) is 0 Å². The second-order valence-corrected chi connectivity index (χ2v) is 9.20. The Morgan fingerprint density at radius 3 is 2.32 bits per heavy atom. The molecule has 0 amide bonds. The molecule has 1 aliphatic rings. The fraction of sp³-hybridized carbons (Fsp3) is 0.370. The quantitative estimate of drug-likeness (QED) is 0.310. The van der Waals surface area contributed by atoms with E-state index in [1.807, 2.05) is 19.9 Å². The van der Waals surface area contributed by atoms with Crippen LogP contribution in [0, 0.1) is 0 Å². The molecule has 0 saturated carbocycles. The summed E-state index contributed by atoms with van der Waals surface area (Å²) in [5.41, 5.74) is 0.828. The first-order valence-electron chi connectivity index (χ1n) is 11.7. The number of benzene rings is 2. The number of fused-ring (bicyclic) bond motifs is 1. The van der Waals surface area contributed by atoms with Gasteiger partial charge in [0.25, 0.3) is 0 Å². The van der Waals surface area contributed by atoms with Gasteiger partial charge < -0.3 is 44.2 Å². The van der Waals surface area contributed by atoms with Crippen molar-refractivity contribution in [3.8, 4) is 34.3 Å². The van der Waals surface area contributed by atoms with Gasteiger partial charge in [-0.2, -0.15) is 0 Å². The average molecular weight is 515 g/mol. The van der Waals surface area contributed by atoms with Crippen molar-refractivity contribution in [3.63, 3.8) is 0 Å². The van der Waals surface area contributed by atoms with Crippen LogP contribution in [-0.2, 0) is 11.2 Å². The minimum absolute atomic E-state index is 0.0351. The highest BCUT2D eigenvalue weighted by Gasteiger charge is 2.44. The Kier molecular flexibility index (Phi) is 7.47. The number of hydrogen-bond donors (Lipinski definition) is 5. The highest BCUT2D eigenvalue weighted by Crippen LogP contribution is 2.40. The van der Waals surface area contributed by atoms with Gasteiger partial charge in [-0.3, -0.25) is 4.79 Å². The summed E-state index contributed by atoms with van der Waals surface area (Å²) in [4.78, 5) is 13.8. The van der Waals surface area contributed by atoms with Crippen LogP contribution >= 0.6 is 0 Å². The Balaban J connectivity index is 1.96. The Labute approximate surface area is 212 Å².